The molecule has 0 spiro atoms. The lowest BCUT2D eigenvalue weighted by Crippen LogP contribution is -2.23. The van der Waals surface area contributed by atoms with E-state index < -0.39 is 0 Å². The molecule has 2 aromatic rings. The first-order valence-corrected chi connectivity index (χ1v) is 16.2. The molecule has 3 unspecified atom stereocenters. The molecule has 0 bridgehead atoms. The minimum absolute atomic E-state index is 0.0402. The van der Waals surface area contributed by atoms with Crippen LogP contribution in [0.2, 0.25) is 0 Å². The average molecular weight is 551 g/mol. The fourth-order valence-electron chi connectivity index (χ4n) is 6.98. The van der Waals surface area contributed by atoms with Gasteiger partial charge in [0.25, 0.3) is 0 Å². The third-order valence-corrected chi connectivity index (χ3v) is 9.55. The molecule has 4 nitrogen and oxygen atoms in total. The highest BCUT2D eigenvalue weighted by atomic mass is 16.5. The van der Waals surface area contributed by atoms with Crippen molar-refractivity contribution in [2.45, 2.75) is 116 Å². The summed E-state index contributed by atoms with van der Waals surface area (Å²) in [5.74, 6) is 3.49. The number of hydrogen-bond donors (Lipinski definition) is 0. The molecule has 0 aromatic heterocycles. The minimum Gasteiger partial charge on any atom is -0.490 e. The molecule has 222 valence electrons. The van der Waals surface area contributed by atoms with Gasteiger partial charge in [0.2, 0.25) is 0 Å². The van der Waals surface area contributed by atoms with Crippen LogP contribution in [0.1, 0.15) is 132 Å². The second-order valence-electron chi connectivity index (χ2n) is 12.1. The summed E-state index contributed by atoms with van der Waals surface area (Å²) in [5.41, 5.74) is 5.11. The Morgan fingerprint density at radius 3 is 1.65 bits per heavy atom. The number of benzene rings is 2. The molecule has 4 heteroatoms. The Balaban J connectivity index is 1.60. The van der Waals surface area contributed by atoms with Crippen LogP contribution >= 0.6 is 0 Å². The third kappa shape index (κ3) is 7.82. The van der Waals surface area contributed by atoms with Gasteiger partial charge in [-0.2, -0.15) is 0 Å². The first-order valence-electron chi connectivity index (χ1n) is 16.2. The van der Waals surface area contributed by atoms with Crippen LogP contribution in [0.5, 0.6) is 11.5 Å². The van der Waals surface area contributed by atoms with Crippen molar-refractivity contribution in [3.63, 3.8) is 0 Å². The van der Waals surface area contributed by atoms with Crippen molar-refractivity contribution >= 4 is 0 Å². The van der Waals surface area contributed by atoms with Gasteiger partial charge in [-0.1, -0.05) is 71.4 Å². The standard InChI is InChI=1S/C36H54O4/c1-6-26(3)28-18-20-31(21-19-28)39-22-23-40-36-32(34(37-4)29-14-10-8-11-15-29)24-27(7-2)25-33(36)35(38-5)30-16-12-9-13-17-30/h18-21,24-26,29-30,34-35H,6-17,22-23H2,1-5H3. The van der Waals surface area contributed by atoms with Crippen molar-refractivity contribution in [2.75, 3.05) is 27.4 Å². The highest BCUT2D eigenvalue weighted by Crippen LogP contribution is 2.46. The molecule has 4 rings (SSSR count). The zero-order valence-electron chi connectivity index (χ0n) is 25.9. The lowest BCUT2D eigenvalue weighted by molar-refractivity contribution is 0.0257. The quantitative estimate of drug-likeness (QED) is 0.219. The van der Waals surface area contributed by atoms with Gasteiger partial charge in [-0.15, -0.1) is 0 Å². The van der Waals surface area contributed by atoms with Crippen LogP contribution in [0.25, 0.3) is 0 Å². The summed E-state index contributed by atoms with van der Waals surface area (Å²) in [6.45, 7) is 7.73. The molecule has 3 atom stereocenters. The second kappa shape index (κ2) is 15.8. The Morgan fingerprint density at radius 2 is 1.20 bits per heavy atom. The van der Waals surface area contributed by atoms with Crippen LogP contribution in [0.15, 0.2) is 36.4 Å². The Labute approximate surface area is 244 Å². The van der Waals surface area contributed by atoms with Crippen LogP contribution in [-0.2, 0) is 15.9 Å². The van der Waals surface area contributed by atoms with E-state index >= 15 is 0 Å². The molecule has 0 aliphatic heterocycles. The fraction of sp³-hybridized carbons (Fsp3) is 0.667. The summed E-state index contributed by atoms with van der Waals surface area (Å²) in [4.78, 5) is 0. The first kappa shape index (κ1) is 30.9. The van der Waals surface area contributed by atoms with Gasteiger partial charge in [-0.3, -0.25) is 0 Å². The second-order valence-corrected chi connectivity index (χ2v) is 12.1. The maximum Gasteiger partial charge on any atom is 0.131 e. The number of ether oxygens (including phenoxy) is 4. The smallest absolute Gasteiger partial charge is 0.131 e. The summed E-state index contributed by atoms with van der Waals surface area (Å²) >= 11 is 0. The van der Waals surface area contributed by atoms with E-state index in [0.29, 0.717) is 31.0 Å². The predicted molar refractivity (Wildman–Crippen MR) is 165 cm³/mol. The van der Waals surface area contributed by atoms with Gasteiger partial charge in [-0.05, 0) is 91.7 Å². The van der Waals surface area contributed by atoms with Crippen molar-refractivity contribution in [3.8, 4) is 11.5 Å². The fourth-order valence-corrected chi connectivity index (χ4v) is 6.98. The van der Waals surface area contributed by atoms with Gasteiger partial charge >= 0.3 is 0 Å². The molecule has 40 heavy (non-hydrogen) atoms. The van der Waals surface area contributed by atoms with E-state index in [2.05, 4.69) is 57.2 Å². The molecule has 0 radical (unpaired) electrons. The van der Waals surface area contributed by atoms with E-state index in [4.69, 9.17) is 18.9 Å². The van der Waals surface area contributed by atoms with Gasteiger partial charge in [0.1, 0.15) is 24.7 Å². The normalized spacial score (nSPS) is 19.2. The van der Waals surface area contributed by atoms with E-state index in [-0.39, 0.29) is 12.2 Å². The van der Waals surface area contributed by atoms with Gasteiger partial charge in [0.05, 0.1) is 12.2 Å². The zero-order valence-corrected chi connectivity index (χ0v) is 25.9. The summed E-state index contributed by atoms with van der Waals surface area (Å²) < 4.78 is 25.5. The van der Waals surface area contributed by atoms with Crippen LogP contribution in [0, 0.1) is 11.8 Å². The highest BCUT2D eigenvalue weighted by Gasteiger charge is 2.33. The average Bonchev–Trinajstić information content (AvgIpc) is 3.01. The zero-order chi connectivity index (χ0) is 28.3. The van der Waals surface area contributed by atoms with E-state index in [1.165, 1.54) is 86.5 Å². The Kier molecular flexibility index (Phi) is 12.2. The maximum absolute atomic E-state index is 6.73. The number of methoxy groups -OCH3 is 2. The molecule has 2 fully saturated rings. The molecule has 0 saturated heterocycles. The van der Waals surface area contributed by atoms with E-state index in [9.17, 15) is 0 Å². The molecular weight excluding hydrogens is 496 g/mol. The molecule has 2 aliphatic carbocycles. The highest BCUT2D eigenvalue weighted by molar-refractivity contribution is 5.48. The van der Waals surface area contributed by atoms with E-state index in [1.54, 1.807) is 0 Å². The van der Waals surface area contributed by atoms with Crippen molar-refractivity contribution < 1.29 is 18.9 Å². The van der Waals surface area contributed by atoms with Crippen LogP contribution in [-0.4, -0.2) is 27.4 Å². The van der Waals surface area contributed by atoms with Crippen molar-refractivity contribution in [1.29, 1.82) is 0 Å². The summed E-state index contributed by atoms with van der Waals surface area (Å²) in [7, 11) is 3.75. The summed E-state index contributed by atoms with van der Waals surface area (Å²) in [5, 5.41) is 0. The molecule has 0 N–H and O–H groups in total. The third-order valence-electron chi connectivity index (χ3n) is 9.55. The number of aryl methyl sites for hydroxylation is 1. The van der Waals surface area contributed by atoms with E-state index in [1.807, 2.05) is 14.2 Å². The Bertz CT molecular complexity index is 957. The van der Waals surface area contributed by atoms with Gasteiger partial charge in [-0.25, -0.2) is 0 Å². The van der Waals surface area contributed by atoms with Crippen LogP contribution in [0.3, 0.4) is 0 Å². The van der Waals surface area contributed by atoms with E-state index in [0.717, 1.165) is 24.3 Å². The van der Waals surface area contributed by atoms with Crippen molar-refractivity contribution in [2.24, 2.45) is 11.8 Å². The van der Waals surface area contributed by atoms with Crippen LogP contribution < -0.4 is 9.47 Å². The van der Waals surface area contributed by atoms with Gasteiger partial charge in [0, 0.05) is 25.3 Å². The number of rotatable bonds is 14. The molecule has 0 heterocycles. The Morgan fingerprint density at radius 1 is 0.700 bits per heavy atom. The molecule has 2 aromatic carbocycles. The lowest BCUT2D eigenvalue weighted by Gasteiger charge is -2.34. The number of hydrogen-bond acceptors (Lipinski definition) is 4. The van der Waals surface area contributed by atoms with Gasteiger partial charge in [0.15, 0.2) is 0 Å². The SMILES string of the molecule is CCc1cc(C(OC)C2CCCCC2)c(OCCOc2ccc(C(C)CC)cc2)c(C(OC)C2CCCCC2)c1. The monoisotopic (exact) mass is 550 g/mol. The lowest BCUT2D eigenvalue weighted by atomic mass is 9.79. The largest absolute Gasteiger partial charge is 0.490 e. The van der Waals surface area contributed by atoms with Crippen LogP contribution in [0.4, 0.5) is 0 Å². The molecule has 2 saturated carbocycles. The predicted octanol–water partition coefficient (Wildman–Crippen LogP) is 9.76. The summed E-state index contributed by atoms with van der Waals surface area (Å²) in [6, 6.07) is 13.2. The minimum atomic E-state index is 0.0402. The topological polar surface area (TPSA) is 36.9 Å². The Hall–Kier alpha value is -2.04. The maximum atomic E-state index is 6.73. The summed E-state index contributed by atoms with van der Waals surface area (Å²) in [6.07, 6.45) is 14.9. The van der Waals surface area contributed by atoms with Crippen molar-refractivity contribution in [1.82, 2.24) is 0 Å². The molecule has 2 aliphatic rings. The van der Waals surface area contributed by atoms with Gasteiger partial charge < -0.3 is 18.9 Å². The molecule has 0 amide bonds. The molecular formula is C36H54O4. The first-order chi connectivity index (χ1) is 19.6. The van der Waals surface area contributed by atoms with Crippen molar-refractivity contribution in [3.05, 3.63) is 58.7 Å².